The SMILES string of the molecule is c1ccc(N[C@H](CP(c2ccccc2)c2ccccc2)c2ccccc2)cc1. The second kappa shape index (κ2) is 9.35. The molecule has 4 aromatic rings. The number of anilines is 1. The van der Waals surface area contributed by atoms with Gasteiger partial charge < -0.3 is 5.32 Å². The van der Waals surface area contributed by atoms with E-state index in [1.807, 2.05) is 0 Å². The van der Waals surface area contributed by atoms with Crippen molar-refractivity contribution in [1.29, 1.82) is 0 Å². The Morgan fingerprint density at radius 2 is 0.964 bits per heavy atom. The van der Waals surface area contributed by atoms with Crippen LogP contribution in [0.3, 0.4) is 0 Å². The van der Waals surface area contributed by atoms with Gasteiger partial charge in [0.15, 0.2) is 0 Å². The number of hydrogen-bond donors (Lipinski definition) is 1. The van der Waals surface area contributed by atoms with Crippen molar-refractivity contribution in [2.75, 3.05) is 11.5 Å². The molecule has 0 bridgehead atoms. The van der Waals surface area contributed by atoms with Crippen molar-refractivity contribution in [3.63, 3.8) is 0 Å². The molecule has 1 N–H and O–H groups in total. The second-order valence-corrected chi connectivity index (χ2v) is 9.01. The van der Waals surface area contributed by atoms with Gasteiger partial charge in [0.25, 0.3) is 0 Å². The van der Waals surface area contributed by atoms with E-state index in [0.29, 0.717) is 0 Å². The Morgan fingerprint density at radius 1 is 0.536 bits per heavy atom. The number of para-hydroxylation sites is 1. The first-order valence-electron chi connectivity index (χ1n) is 9.64. The minimum absolute atomic E-state index is 0.245. The van der Waals surface area contributed by atoms with Gasteiger partial charge in [-0.25, -0.2) is 0 Å². The molecule has 0 radical (unpaired) electrons. The molecule has 0 fully saturated rings. The van der Waals surface area contributed by atoms with Crippen molar-refractivity contribution in [2.24, 2.45) is 0 Å². The molecule has 0 unspecified atom stereocenters. The first-order chi connectivity index (χ1) is 13.9. The monoisotopic (exact) mass is 381 g/mol. The van der Waals surface area contributed by atoms with Crippen LogP contribution < -0.4 is 15.9 Å². The summed E-state index contributed by atoms with van der Waals surface area (Å²) in [5.74, 6) is 0. The van der Waals surface area contributed by atoms with Gasteiger partial charge in [0.2, 0.25) is 0 Å². The molecule has 28 heavy (non-hydrogen) atoms. The zero-order valence-corrected chi connectivity index (χ0v) is 16.7. The van der Waals surface area contributed by atoms with Crippen LogP contribution in [0.25, 0.3) is 0 Å². The third kappa shape index (κ3) is 4.68. The lowest BCUT2D eigenvalue weighted by atomic mass is 10.1. The maximum Gasteiger partial charge on any atom is 0.0559 e. The van der Waals surface area contributed by atoms with Gasteiger partial charge in [-0.3, -0.25) is 0 Å². The van der Waals surface area contributed by atoms with E-state index < -0.39 is 7.92 Å². The summed E-state index contributed by atoms with van der Waals surface area (Å²) in [6.07, 6.45) is 1.04. The van der Waals surface area contributed by atoms with Gasteiger partial charge in [0.1, 0.15) is 0 Å². The van der Waals surface area contributed by atoms with Gasteiger partial charge in [-0.15, -0.1) is 0 Å². The molecule has 1 nitrogen and oxygen atoms in total. The summed E-state index contributed by atoms with van der Waals surface area (Å²) in [7, 11) is -0.473. The van der Waals surface area contributed by atoms with Crippen LogP contribution in [0.4, 0.5) is 5.69 Å². The van der Waals surface area contributed by atoms with Crippen LogP contribution in [-0.4, -0.2) is 6.16 Å². The molecule has 0 amide bonds. The molecule has 0 aliphatic heterocycles. The van der Waals surface area contributed by atoms with Crippen LogP contribution >= 0.6 is 7.92 Å². The van der Waals surface area contributed by atoms with Crippen molar-refractivity contribution < 1.29 is 0 Å². The molecule has 0 aliphatic rings. The molecule has 0 heterocycles. The van der Waals surface area contributed by atoms with Crippen molar-refractivity contribution in [3.8, 4) is 0 Å². The van der Waals surface area contributed by atoms with Crippen molar-refractivity contribution in [3.05, 3.63) is 127 Å². The molecule has 4 aromatic carbocycles. The van der Waals surface area contributed by atoms with Gasteiger partial charge >= 0.3 is 0 Å². The van der Waals surface area contributed by atoms with Gasteiger partial charge in [-0.05, 0) is 36.2 Å². The molecule has 4 rings (SSSR count). The summed E-state index contributed by atoms with van der Waals surface area (Å²) < 4.78 is 0. The molecule has 0 saturated heterocycles. The van der Waals surface area contributed by atoms with Crippen molar-refractivity contribution in [2.45, 2.75) is 6.04 Å². The van der Waals surface area contributed by atoms with E-state index >= 15 is 0 Å². The van der Waals surface area contributed by atoms with Crippen molar-refractivity contribution in [1.82, 2.24) is 0 Å². The largest absolute Gasteiger partial charge is 0.378 e. The summed E-state index contributed by atoms with van der Waals surface area (Å²) in [5.41, 5.74) is 2.48. The predicted molar refractivity (Wildman–Crippen MR) is 123 cm³/mol. The Kier molecular flexibility index (Phi) is 6.17. The Bertz CT molecular complexity index is 917. The lowest BCUT2D eigenvalue weighted by Gasteiger charge is -2.27. The van der Waals surface area contributed by atoms with Gasteiger partial charge in [0, 0.05) is 11.8 Å². The van der Waals surface area contributed by atoms with Gasteiger partial charge in [-0.2, -0.15) is 0 Å². The Labute approximate surface area is 168 Å². The maximum atomic E-state index is 3.78. The van der Waals surface area contributed by atoms with Crippen LogP contribution in [0.1, 0.15) is 11.6 Å². The van der Waals surface area contributed by atoms with Crippen molar-refractivity contribution >= 4 is 24.2 Å². The topological polar surface area (TPSA) is 12.0 Å². The van der Waals surface area contributed by atoms with E-state index in [9.17, 15) is 0 Å². The third-order valence-electron chi connectivity index (χ3n) is 4.82. The van der Waals surface area contributed by atoms with Gasteiger partial charge in [0.05, 0.1) is 6.04 Å². The number of benzene rings is 4. The molecular weight excluding hydrogens is 357 g/mol. The summed E-state index contributed by atoms with van der Waals surface area (Å²) in [5, 5.41) is 6.61. The van der Waals surface area contributed by atoms with E-state index in [1.54, 1.807) is 0 Å². The van der Waals surface area contributed by atoms with Crippen LogP contribution in [0, 0.1) is 0 Å². The highest BCUT2D eigenvalue weighted by molar-refractivity contribution is 7.73. The summed E-state index contributed by atoms with van der Waals surface area (Å²) >= 11 is 0. The number of hydrogen-bond acceptors (Lipinski definition) is 1. The molecule has 0 spiro atoms. The zero-order chi connectivity index (χ0) is 19.0. The quantitative estimate of drug-likeness (QED) is 0.389. The maximum absolute atomic E-state index is 3.78. The molecular formula is C26H24NP. The minimum atomic E-state index is -0.473. The highest BCUT2D eigenvalue weighted by Crippen LogP contribution is 2.39. The average Bonchev–Trinajstić information content (AvgIpc) is 2.79. The fourth-order valence-electron chi connectivity index (χ4n) is 3.41. The smallest absolute Gasteiger partial charge is 0.0559 e. The standard InChI is InChI=1S/C26H24NP/c1-5-13-22(14-6-1)26(27-23-15-7-2-8-16-23)21-28(24-17-9-3-10-18-24)25-19-11-4-12-20-25/h1-20,26-27H,21H2/t26-/m1/s1. The molecule has 2 heteroatoms. The van der Waals surface area contributed by atoms with Crippen LogP contribution in [-0.2, 0) is 0 Å². The first-order valence-corrected chi connectivity index (χ1v) is 11.2. The average molecular weight is 381 g/mol. The van der Waals surface area contributed by atoms with Crippen LogP contribution in [0.15, 0.2) is 121 Å². The summed E-state index contributed by atoms with van der Waals surface area (Å²) in [4.78, 5) is 0. The summed E-state index contributed by atoms with van der Waals surface area (Å²) in [6.45, 7) is 0. The number of rotatable bonds is 7. The van der Waals surface area contributed by atoms with E-state index in [2.05, 4.69) is 127 Å². The Morgan fingerprint density at radius 3 is 1.46 bits per heavy atom. The normalized spacial score (nSPS) is 11.9. The predicted octanol–water partition coefficient (Wildman–Crippen LogP) is 5.97. The molecule has 0 saturated carbocycles. The fourth-order valence-corrected chi connectivity index (χ4v) is 5.86. The molecule has 0 aliphatic carbocycles. The minimum Gasteiger partial charge on any atom is -0.378 e. The van der Waals surface area contributed by atoms with Gasteiger partial charge in [-0.1, -0.05) is 109 Å². The highest BCUT2D eigenvalue weighted by Gasteiger charge is 2.21. The molecule has 138 valence electrons. The van der Waals surface area contributed by atoms with E-state index in [4.69, 9.17) is 0 Å². The Balaban J connectivity index is 1.70. The van der Waals surface area contributed by atoms with E-state index in [1.165, 1.54) is 16.2 Å². The Hall–Kier alpha value is -2.89. The van der Waals surface area contributed by atoms with E-state index in [0.717, 1.165) is 11.8 Å². The number of nitrogens with one attached hydrogen (secondary N) is 1. The first kappa shape index (κ1) is 18.5. The molecule has 0 aromatic heterocycles. The third-order valence-corrected chi connectivity index (χ3v) is 7.39. The lowest BCUT2D eigenvalue weighted by Crippen LogP contribution is -2.22. The van der Waals surface area contributed by atoms with Crippen LogP contribution in [0.5, 0.6) is 0 Å². The van der Waals surface area contributed by atoms with Crippen LogP contribution in [0.2, 0.25) is 0 Å². The second-order valence-electron chi connectivity index (χ2n) is 6.76. The zero-order valence-electron chi connectivity index (χ0n) is 15.8. The highest BCUT2D eigenvalue weighted by atomic mass is 31.1. The molecule has 1 atom stereocenters. The summed E-state index contributed by atoms with van der Waals surface area (Å²) in [6, 6.07) is 43.4. The van der Waals surface area contributed by atoms with E-state index in [-0.39, 0.29) is 6.04 Å². The lowest BCUT2D eigenvalue weighted by molar-refractivity contribution is 0.895. The fraction of sp³-hybridized carbons (Fsp3) is 0.0769.